The van der Waals surface area contributed by atoms with Gasteiger partial charge in [0.2, 0.25) is 0 Å². The highest BCUT2D eigenvalue weighted by Crippen LogP contribution is 2.30. The molecule has 24 heavy (non-hydrogen) atoms. The van der Waals surface area contributed by atoms with Crippen LogP contribution in [0.3, 0.4) is 0 Å². The smallest absolute Gasteiger partial charge is 0.196 e. The molecule has 3 aromatic rings. The summed E-state index contributed by atoms with van der Waals surface area (Å²) in [7, 11) is 0. The molecule has 0 bridgehead atoms. The van der Waals surface area contributed by atoms with Crippen molar-refractivity contribution in [2.45, 2.75) is 31.2 Å². The van der Waals surface area contributed by atoms with E-state index in [9.17, 15) is 0 Å². The zero-order chi connectivity index (χ0) is 16.9. The Balaban J connectivity index is 2.07. The average Bonchev–Trinajstić information content (AvgIpc) is 2.99. The summed E-state index contributed by atoms with van der Waals surface area (Å²) in [4.78, 5) is 0. The molecular formula is C19H21N3OS. The van der Waals surface area contributed by atoms with Crippen molar-refractivity contribution < 1.29 is 4.74 Å². The zero-order valence-corrected chi connectivity index (χ0v) is 15.0. The van der Waals surface area contributed by atoms with Crippen LogP contribution in [0.15, 0.2) is 59.8 Å². The second kappa shape index (κ2) is 7.53. The molecule has 0 N–H and O–H groups in total. The van der Waals surface area contributed by atoms with Gasteiger partial charge in [0.25, 0.3) is 0 Å². The lowest BCUT2D eigenvalue weighted by Gasteiger charge is -2.12. The van der Waals surface area contributed by atoms with Crippen molar-refractivity contribution in [2.24, 2.45) is 0 Å². The summed E-state index contributed by atoms with van der Waals surface area (Å²) in [5, 5.41) is 10.2. The normalized spacial score (nSPS) is 11.0. The molecular weight excluding hydrogens is 318 g/mol. The fourth-order valence-corrected chi connectivity index (χ4v) is 3.23. The molecule has 2 aromatic carbocycles. The summed E-state index contributed by atoms with van der Waals surface area (Å²) in [6.07, 6.45) is 0. The van der Waals surface area contributed by atoms with E-state index in [-0.39, 0.29) is 0 Å². The zero-order valence-electron chi connectivity index (χ0n) is 14.1. The van der Waals surface area contributed by atoms with Crippen molar-refractivity contribution >= 4 is 11.8 Å². The lowest BCUT2D eigenvalue weighted by atomic mass is 10.2. The number of aromatic nitrogens is 3. The van der Waals surface area contributed by atoms with Crippen LogP contribution >= 0.6 is 11.8 Å². The first-order valence-corrected chi connectivity index (χ1v) is 8.97. The Kier molecular flexibility index (Phi) is 5.20. The van der Waals surface area contributed by atoms with Gasteiger partial charge in [0, 0.05) is 16.5 Å². The second-order valence-corrected chi connectivity index (χ2v) is 7.14. The van der Waals surface area contributed by atoms with Crippen LogP contribution in [0.4, 0.5) is 0 Å². The van der Waals surface area contributed by atoms with Gasteiger partial charge in [-0.05, 0) is 31.2 Å². The summed E-state index contributed by atoms with van der Waals surface area (Å²) in [5.41, 5.74) is 2.08. The summed E-state index contributed by atoms with van der Waals surface area (Å²) < 4.78 is 7.65. The number of hydrogen-bond donors (Lipinski definition) is 0. The Morgan fingerprint density at radius 1 is 1.00 bits per heavy atom. The molecule has 0 atom stereocenters. The van der Waals surface area contributed by atoms with Gasteiger partial charge >= 0.3 is 0 Å². The maximum atomic E-state index is 5.54. The second-order valence-electron chi connectivity index (χ2n) is 5.60. The van der Waals surface area contributed by atoms with Gasteiger partial charge in [0.15, 0.2) is 11.0 Å². The lowest BCUT2D eigenvalue weighted by molar-refractivity contribution is 0.340. The minimum Gasteiger partial charge on any atom is -0.494 e. The van der Waals surface area contributed by atoms with Gasteiger partial charge < -0.3 is 4.74 Å². The average molecular weight is 339 g/mol. The maximum absolute atomic E-state index is 5.54. The number of thioether (sulfide) groups is 1. The van der Waals surface area contributed by atoms with Crippen LogP contribution in [0.2, 0.25) is 0 Å². The van der Waals surface area contributed by atoms with Gasteiger partial charge in [-0.3, -0.25) is 4.57 Å². The number of hydrogen-bond acceptors (Lipinski definition) is 4. The first kappa shape index (κ1) is 16.6. The Morgan fingerprint density at radius 3 is 2.33 bits per heavy atom. The molecule has 0 saturated carbocycles. The summed E-state index contributed by atoms with van der Waals surface area (Å²) in [6.45, 7) is 6.96. The molecule has 0 radical (unpaired) electrons. The van der Waals surface area contributed by atoms with E-state index in [1.165, 1.54) is 0 Å². The Bertz CT molecular complexity index is 782. The number of nitrogens with zero attached hydrogens (tertiary/aromatic N) is 3. The number of rotatable bonds is 6. The Hall–Kier alpha value is -2.27. The highest BCUT2D eigenvalue weighted by molar-refractivity contribution is 7.99. The molecule has 0 unspecified atom stereocenters. The SMILES string of the molecule is CCOc1ccc(-n2c(SC(C)C)nnc2-c2ccccc2)cc1. The van der Waals surface area contributed by atoms with Crippen molar-refractivity contribution in [2.75, 3.05) is 6.61 Å². The number of benzene rings is 2. The standard InChI is InChI=1S/C19H21N3OS/c1-4-23-17-12-10-16(11-13-17)22-18(15-8-6-5-7-9-15)20-21-19(22)24-14(2)3/h5-14H,4H2,1-3H3. The third-order valence-electron chi connectivity index (χ3n) is 3.41. The van der Waals surface area contributed by atoms with Crippen LogP contribution in [-0.4, -0.2) is 26.6 Å². The molecule has 0 aliphatic carbocycles. The Morgan fingerprint density at radius 2 is 1.71 bits per heavy atom. The molecule has 5 heteroatoms. The molecule has 0 aliphatic rings. The first-order valence-electron chi connectivity index (χ1n) is 8.09. The van der Waals surface area contributed by atoms with Gasteiger partial charge in [-0.2, -0.15) is 0 Å². The fraction of sp³-hybridized carbons (Fsp3) is 0.263. The molecule has 0 aliphatic heterocycles. The minimum absolute atomic E-state index is 0.430. The molecule has 0 fully saturated rings. The van der Waals surface area contributed by atoms with E-state index in [2.05, 4.69) is 40.7 Å². The van der Waals surface area contributed by atoms with Gasteiger partial charge in [0.1, 0.15) is 5.75 Å². The molecule has 0 amide bonds. The molecule has 4 nitrogen and oxygen atoms in total. The van der Waals surface area contributed by atoms with Crippen LogP contribution in [0, 0.1) is 0 Å². The van der Waals surface area contributed by atoms with E-state index < -0.39 is 0 Å². The fourth-order valence-electron chi connectivity index (χ4n) is 2.42. The molecule has 124 valence electrons. The van der Waals surface area contributed by atoms with E-state index in [1.54, 1.807) is 11.8 Å². The van der Waals surface area contributed by atoms with Gasteiger partial charge in [-0.15, -0.1) is 10.2 Å². The highest BCUT2D eigenvalue weighted by Gasteiger charge is 2.17. The van der Waals surface area contributed by atoms with Crippen LogP contribution in [0.1, 0.15) is 20.8 Å². The summed E-state index contributed by atoms with van der Waals surface area (Å²) in [6, 6.07) is 18.2. The van der Waals surface area contributed by atoms with Crippen LogP contribution < -0.4 is 4.74 Å². The summed E-state index contributed by atoms with van der Waals surface area (Å²) >= 11 is 1.71. The lowest BCUT2D eigenvalue weighted by Crippen LogP contribution is -2.01. The van der Waals surface area contributed by atoms with Crippen LogP contribution in [0.5, 0.6) is 5.75 Å². The minimum atomic E-state index is 0.430. The van der Waals surface area contributed by atoms with Crippen molar-refractivity contribution in [3.8, 4) is 22.8 Å². The van der Waals surface area contributed by atoms with E-state index in [0.29, 0.717) is 11.9 Å². The van der Waals surface area contributed by atoms with Crippen molar-refractivity contribution in [1.82, 2.24) is 14.8 Å². The topological polar surface area (TPSA) is 39.9 Å². The largest absolute Gasteiger partial charge is 0.494 e. The molecule has 0 saturated heterocycles. The van der Waals surface area contributed by atoms with E-state index in [0.717, 1.165) is 28.0 Å². The molecule has 3 rings (SSSR count). The van der Waals surface area contributed by atoms with E-state index in [1.807, 2.05) is 49.4 Å². The van der Waals surface area contributed by atoms with Crippen LogP contribution in [-0.2, 0) is 0 Å². The molecule has 1 aromatic heterocycles. The first-order chi connectivity index (χ1) is 11.7. The maximum Gasteiger partial charge on any atom is 0.196 e. The summed E-state index contributed by atoms with van der Waals surface area (Å²) in [5.74, 6) is 1.72. The monoisotopic (exact) mass is 339 g/mol. The molecule has 1 heterocycles. The van der Waals surface area contributed by atoms with Gasteiger partial charge in [-0.25, -0.2) is 0 Å². The van der Waals surface area contributed by atoms with Crippen LogP contribution in [0.25, 0.3) is 17.1 Å². The predicted octanol–water partition coefficient (Wildman–Crippen LogP) is 4.83. The van der Waals surface area contributed by atoms with Gasteiger partial charge in [-0.1, -0.05) is 55.9 Å². The van der Waals surface area contributed by atoms with Crippen molar-refractivity contribution in [3.63, 3.8) is 0 Å². The van der Waals surface area contributed by atoms with Gasteiger partial charge in [0.05, 0.1) is 6.61 Å². The van der Waals surface area contributed by atoms with E-state index in [4.69, 9.17) is 4.74 Å². The van der Waals surface area contributed by atoms with Crippen molar-refractivity contribution in [1.29, 1.82) is 0 Å². The predicted molar refractivity (Wildman–Crippen MR) is 99.0 cm³/mol. The number of ether oxygens (including phenoxy) is 1. The third-order valence-corrected chi connectivity index (χ3v) is 4.36. The van der Waals surface area contributed by atoms with E-state index >= 15 is 0 Å². The highest BCUT2D eigenvalue weighted by atomic mass is 32.2. The van der Waals surface area contributed by atoms with Crippen molar-refractivity contribution in [3.05, 3.63) is 54.6 Å². The third kappa shape index (κ3) is 3.62. The Labute approximate surface area is 146 Å². The quantitative estimate of drug-likeness (QED) is 0.603. The molecule has 0 spiro atoms.